The molecule has 1 aromatic heterocycles. The molecule has 0 bridgehead atoms. The van der Waals surface area contributed by atoms with E-state index in [1.54, 1.807) is 0 Å². The molecule has 0 aliphatic heterocycles. The van der Waals surface area contributed by atoms with Crippen LogP contribution >= 0.6 is 31.9 Å². The Bertz CT molecular complexity index is 579. The van der Waals surface area contributed by atoms with Gasteiger partial charge in [-0.05, 0) is 67.6 Å². The van der Waals surface area contributed by atoms with Gasteiger partial charge in [-0.25, -0.2) is 0 Å². The van der Waals surface area contributed by atoms with Crippen molar-refractivity contribution in [3.8, 4) is 5.75 Å². The summed E-state index contributed by atoms with van der Waals surface area (Å²) in [6, 6.07) is 7.90. The molecule has 20 heavy (non-hydrogen) atoms. The van der Waals surface area contributed by atoms with E-state index in [9.17, 15) is 5.11 Å². The van der Waals surface area contributed by atoms with E-state index in [0.29, 0.717) is 8.95 Å². The zero-order valence-electron chi connectivity index (χ0n) is 11.2. The van der Waals surface area contributed by atoms with Gasteiger partial charge >= 0.3 is 0 Å². The average molecular weight is 400 g/mol. The molecule has 0 aliphatic rings. The van der Waals surface area contributed by atoms with Crippen molar-refractivity contribution >= 4 is 31.9 Å². The number of halogens is 2. The summed E-state index contributed by atoms with van der Waals surface area (Å²) >= 11 is 6.67. The Morgan fingerprint density at radius 1 is 1.20 bits per heavy atom. The third-order valence-electron chi connectivity index (χ3n) is 3.06. The first-order chi connectivity index (χ1) is 9.61. The summed E-state index contributed by atoms with van der Waals surface area (Å²) in [6.45, 7) is 3.59. The smallest absolute Gasteiger partial charge is 0.143 e. The highest BCUT2D eigenvalue weighted by Crippen LogP contribution is 2.33. The van der Waals surface area contributed by atoms with Gasteiger partial charge in [-0.1, -0.05) is 13.0 Å². The minimum absolute atomic E-state index is 0.228. The summed E-state index contributed by atoms with van der Waals surface area (Å²) in [5, 5.41) is 13.1. The molecule has 2 aromatic rings. The SMILES string of the molecule is CCc1cccnc1CNCc1cc(Br)c(O)c(Br)c1. The Morgan fingerprint density at radius 3 is 2.55 bits per heavy atom. The van der Waals surface area contributed by atoms with E-state index in [1.807, 2.05) is 24.4 Å². The number of pyridine rings is 1. The fourth-order valence-electron chi connectivity index (χ4n) is 2.00. The lowest BCUT2D eigenvalue weighted by Crippen LogP contribution is -2.15. The maximum atomic E-state index is 9.68. The number of benzene rings is 1. The molecule has 3 nitrogen and oxygen atoms in total. The van der Waals surface area contributed by atoms with Crippen LogP contribution in [0.15, 0.2) is 39.4 Å². The highest BCUT2D eigenvalue weighted by Gasteiger charge is 2.06. The van der Waals surface area contributed by atoms with Gasteiger partial charge in [0.05, 0.1) is 14.6 Å². The summed E-state index contributed by atoms with van der Waals surface area (Å²) in [5.41, 5.74) is 3.45. The fourth-order valence-corrected chi connectivity index (χ4v) is 3.28. The van der Waals surface area contributed by atoms with Crippen molar-refractivity contribution in [3.63, 3.8) is 0 Å². The molecule has 1 aromatic carbocycles. The molecule has 0 aliphatic carbocycles. The first kappa shape index (κ1) is 15.5. The summed E-state index contributed by atoms with van der Waals surface area (Å²) in [7, 11) is 0. The number of aryl methyl sites for hydroxylation is 1. The zero-order chi connectivity index (χ0) is 14.5. The summed E-state index contributed by atoms with van der Waals surface area (Å²) in [6.07, 6.45) is 2.81. The van der Waals surface area contributed by atoms with E-state index >= 15 is 0 Å². The molecule has 0 spiro atoms. The van der Waals surface area contributed by atoms with Crippen LogP contribution in [0.25, 0.3) is 0 Å². The van der Waals surface area contributed by atoms with Crippen LogP contribution < -0.4 is 5.32 Å². The predicted molar refractivity (Wildman–Crippen MR) is 87.7 cm³/mol. The summed E-state index contributed by atoms with van der Waals surface area (Å²) in [4.78, 5) is 4.41. The number of hydrogen-bond donors (Lipinski definition) is 2. The minimum Gasteiger partial charge on any atom is -0.506 e. The molecule has 106 valence electrons. The maximum Gasteiger partial charge on any atom is 0.143 e. The van der Waals surface area contributed by atoms with Crippen molar-refractivity contribution in [2.24, 2.45) is 0 Å². The van der Waals surface area contributed by atoms with Gasteiger partial charge in [0.1, 0.15) is 5.75 Å². The number of phenolic OH excluding ortho intramolecular Hbond substituents is 1. The molecular formula is C15H16Br2N2O. The lowest BCUT2D eigenvalue weighted by molar-refractivity contribution is 0.468. The molecule has 2 rings (SSSR count). The largest absolute Gasteiger partial charge is 0.506 e. The monoisotopic (exact) mass is 398 g/mol. The molecule has 2 N–H and O–H groups in total. The highest BCUT2D eigenvalue weighted by atomic mass is 79.9. The predicted octanol–water partition coefficient (Wildman–Crippen LogP) is 4.16. The third-order valence-corrected chi connectivity index (χ3v) is 4.27. The second-order valence-electron chi connectivity index (χ2n) is 4.47. The lowest BCUT2D eigenvalue weighted by Gasteiger charge is -2.09. The van der Waals surface area contributed by atoms with Crippen LogP contribution in [-0.4, -0.2) is 10.1 Å². The van der Waals surface area contributed by atoms with Gasteiger partial charge in [0, 0.05) is 19.3 Å². The Balaban J connectivity index is 1.99. The minimum atomic E-state index is 0.228. The van der Waals surface area contributed by atoms with Crippen LogP contribution in [0.5, 0.6) is 5.75 Å². The van der Waals surface area contributed by atoms with Crippen molar-refractivity contribution < 1.29 is 5.11 Å². The van der Waals surface area contributed by atoms with Gasteiger partial charge in [-0.3, -0.25) is 4.98 Å². The Labute approximate surface area is 135 Å². The van der Waals surface area contributed by atoms with E-state index in [-0.39, 0.29) is 5.75 Å². The molecule has 1 heterocycles. The number of phenols is 1. The number of nitrogens with zero attached hydrogens (tertiary/aromatic N) is 1. The summed E-state index contributed by atoms with van der Waals surface area (Å²) < 4.78 is 1.38. The van der Waals surface area contributed by atoms with Crippen molar-refractivity contribution in [3.05, 3.63) is 56.2 Å². The van der Waals surface area contributed by atoms with E-state index in [4.69, 9.17) is 0 Å². The molecule has 0 fully saturated rings. The van der Waals surface area contributed by atoms with Crippen LogP contribution in [0.1, 0.15) is 23.7 Å². The van der Waals surface area contributed by atoms with Crippen LogP contribution in [-0.2, 0) is 19.5 Å². The van der Waals surface area contributed by atoms with E-state index < -0.39 is 0 Å². The van der Waals surface area contributed by atoms with Gasteiger partial charge in [0.2, 0.25) is 0 Å². The van der Waals surface area contributed by atoms with Crippen molar-refractivity contribution in [1.29, 1.82) is 0 Å². The molecule has 0 saturated carbocycles. The number of rotatable bonds is 5. The first-order valence-corrected chi connectivity index (χ1v) is 8.00. The van der Waals surface area contributed by atoms with E-state index in [1.165, 1.54) is 5.56 Å². The van der Waals surface area contributed by atoms with Crippen molar-refractivity contribution in [1.82, 2.24) is 10.3 Å². The maximum absolute atomic E-state index is 9.68. The van der Waals surface area contributed by atoms with Crippen LogP contribution in [0.4, 0.5) is 0 Å². The van der Waals surface area contributed by atoms with Gasteiger partial charge < -0.3 is 10.4 Å². The van der Waals surface area contributed by atoms with Crippen LogP contribution in [0, 0.1) is 0 Å². The lowest BCUT2D eigenvalue weighted by atomic mass is 10.1. The standard InChI is InChI=1S/C15H16Br2N2O/c1-2-11-4-3-5-19-14(11)9-18-8-10-6-12(16)15(20)13(17)7-10/h3-7,18,20H,2,8-9H2,1H3. The number of nitrogens with one attached hydrogen (secondary N) is 1. The van der Waals surface area contributed by atoms with Gasteiger partial charge in [0.15, 0.2) is 0 Å². The molecule has 0 amide bonds. The summed E-state index contributed by atoms with van der Waals surface area (Å²) in [5.74, 6) is 0.228. The molecule has 0 unspecified atom stereocenters. The molecular weight excluding hydrogens is 384 g/mol. The molecule has 0 atom stereocenters. The van der Waals surface area contributed by atoms with Crippen LogP contribution in [0.2, 0.25) is 0 Å². The molecule has 5 heteroatoms. The van der Waals surface area contributed by atoms with Gasteiger partial charge in [-0.2, -0.15) is 0 Å². The fraction of sp³-hybridized carbons (Fsp3) is 0.267. The number of hydrogen-bond acceptors (Lipinski definition) is 3. The zero-order valence-corrected chi connectivity index (χ0v) is 14.3. The number of aromatic hydroxyl groups is 1. The topological polar surface area (TPSA) is 45.2 Å². The Morgan fingerprint density at radius 2 is 1.90 bits per heavy atom. The van der Waals surface area contributed by atoms with Gasteiger partial charge in [-0.15, -0.1) is 0 Å². The molecule has 0 radical (unpaired) electrons. The van der Waals surface area contributed by atoms with Crippen molar-refractivity contribution in [2.75, 3.05) is 0 Å². The Hall–Kier alpha value is -0.910. The van der Waals surface area contributed by atoms with Crippen molar-refractivity contribution in [2.45, 2.75) is 26.4 Å². The highest BCUT2D eigenvalue weighted by molar-refractivity contribution is 9.11. The average Bonchev–Trinajstić information content (AvgIpc) is 2.45. The second-order valence-corrected chi connectivity index (χ2v) is 6.18. The third kappa shape index (κ3) is 3.81. The normalized spacial score (nSPS) is 10.8. The first-order valence-electron chi connectivity index (χ1n) is 6.42. The van der Waals surface area contributed by atoms with Gasteiger partial charge in [0.25, 0.3) is 0 Å². The second kappa shape index (κ2) is 7.20. The number of aromatic nitrogens is 1. The van der Waals surface area contributed by atoms with E-state index in [2.05, 4.69) is 55.2 Å². The van der Waals surface area contributed by atoms with E-state index in [0.717, 1.165) is 30.8 Å². The molecule has 0 saturated heterocycles. The van der Waals surface area contributed by atoms with Crippen LogP contribution in [0.3, 0.4) is 0 Å². The quantitative estimate of drug-likeness (QED) is 0.793. The Kier molecular flexibility index (Phi) is 5.57.